The van der Waals surface area contributed by atoms with E-state index in [0.29, 0.717) is 354 Å². The number of hydrogen-bond donors (Lipinski definition) is 3. The number of anilines is 1. The van der Waals surface area contributed by atoms with E-state index >= 15 is 0 Å². The van der Waals surface area contributed by atoms with Gasteiger partial charge in [0, 0.05) is 78.9 Å². The van der Waals surface area contributed by atoms with Crippen LogP contribution in [0.2, 0.25) is 0 Å². The van der Waals surface area contributed by atoms with Gasteiger partial charge in [0.25, 0.3) is 0 Å². The zero-order chi connectivity index (χ0) is 94.7. The van der Waals surface area contributed by atoms with Crippen LogP contribution < -0.4 is 20.4 Å². The number of nitrogens with one attached hydrogen (secondary N) is 2. The van der Waals surface area contributed by atoms with E-state index in [1.807, 2.05) is 56.4 Å². The monoisotopic (exact) mass is 1910 g/mol. The Balaban J connectivity index is 0.00000605. The summed E-state index contributed by atoms with van der Waals surface area (Å²) in [6.07, 6.45) is 14.7. The molecule has 0 saturated carbocycles. The normalized spacial score (nSPS) is 13.9. The summed E-state index contributed by atoms with van der Waals surface area (Å²) < 4.78 is 175. The second-order valence-electron chi connectivity index (χ2n) is 30.5. The summed E-state index contributed by atoms with van der Waals surface area (Å²) in [5, 5.41) is 26.3. The lowest BCUT2D eigenvalue weighted by molar-refractivity contribution is -0.894. The maximum atomic E-state index is 12.7. The molecule has 4 rings (SSSR count). The number of carboxylic acid groups (broad SMARTS) is 1. The molecule has 3 N–H and O–H groups in total. The van der Waals surface area contributed by atoms with Crippen LogP contribution >= 0.6 is 12.0 Å². The number of benzene rings is 2. The molecule has 1 amide bonds. The number of ether oxygens (including phenoxy) is 24. The lowest BCUT2D eigenvalue weighted by atomic mass is 9.81. The standard InChI is InChI=1S/C86H145N3O33S2.C6H15N/c1-85(2)77-73-75(123-122-121-93)19-21-79(77)88(25-14-8-12-18-84(91)92)81(85)15-9-6-10-16-82-86(3,4)78-74-76(124(94,95)96)20-22-80(78)89(82)24-13-7-11-17-83(90)87-23-26-98-29-30-100-33-34-102-37-38-104-41-42-106-45-46-108-49-50-110-53-54-112-57-58-114-61-62-116-65-66-118-69-70-120-72-71-119-68-67-117-64-63-115-60-59-113-56-55-111-52-51-109-48-47-107-44-43-105-40-39-103-36-35-101-32-31-99-28-27-97-5;1-4-7(5-2)6-3/h6,9-10,15-16,19-22,73-74H,7-8,11-14,17-18,23-72H2,1-5H3,(H3-,87,90,91,92,93,94,95,96);4-6H2,1-3H3. The minimum absolute atomic E-state index is 0.0678. The lowest BCUT2D eigenvalue weighted by Crippen LogP contribution is -3.11. The van der Waals surface area contributed by atoms with Gasteiger partial charge in [0.2, 0.25) is 11.6 Å². The molecular weight excluding hydrogens is 1750 g/mol. The van der Waals surface area contributed by atoms with Crippen LogP contribution in [-0.2, 0) is 154 Å². The van der Waals surface area contributed by atoms with Crippen molar-refractivity contribution < 1.29 is 165 Å². The van der Waals surface area contributed by atoms with Crippen LogP contribution in [0.1, 0.15) is 111 Å². The number of nitrogens with zero attached hydrogens (tertiary/aromatic N) is 2. The molecule has 2 heterocycles. The third-order valence-electron chi connectivity index (χ3n) is 20.1. The highest BCUT2D eigenvalue weighted by Gasteiger charge is 2.45. The summed E-state index contributed by atoms with van der Waals surface area (Å²) in [4.78, 5) is 28.2. The molecular formula is C92H160N4O33S2. The van der Waals surface area contributed by atoms with Crippen LogP contribution in [0.3, 0.4) is 0 Å². The van der Waals surface area contributed by atoms with E-state index in [1.165, 1.54) is 31.8 Å². The fourth-order valence-electron chi connectivity index (χ4n) is 13.0. The fraction of sp³-hybridized carbons (Fsp3) is 0.772. The van der Waals surface area contributed by atoms with Crippen molar-refractivity contribution in [3.8, 4) is 0 Å². The molecule has 2 aliphatic heterocycles. The first kappa shape index (κ1) is 120. The summed E-state index contributed by atoms with van der Waals surface area (Å²) in [7, 11) is -3.06. The maximum absolute atomic E-state index is 12.7. The highest BCUT2D eigenvalue weighted by molar-refractivity contribution is 7.94. The average Bonchev–Trinajstić information content (AvgIpc) is 1.59. The van der Waals surface area contributed by atoms with Gasteiger partial charge in [0.05, 0.1) is 353 Å². The Morgan fingerprint density at radius 1 is 0.435 bits per heavy atom. The van der Waals surface area contributed by atoms with Gasteiger partial charge in [-0.25, -0.2) is 8.42 Å². The summed E-state index contributed by atoms with van der Waals surface area (Å²) in [5.74, 6) is -0.884. The zero-order valence-corrected chi connectivity index (χ0v) is 81.3. The van der Waals surface area contributed by atoms with Crippen molar-refractivity contribution in [3.05, 3.63) is 83.6 Å². The number of methoxy groups -OCH3 is 1. The lowest BCUT2D eigenvalue weighted by Gasteiger charge is -2.27. The number of amides is 1. The van der Waals surface area contributed by atoms with Crippen molar-refractivity contribution in [2.24, 2.45) is 0 Å². The van der Waals surface area contributed by atoms with Gasteiger partial charge in [0.15, 0.2) is 5.71 Å². The minimum Gasteiger partial charge on any atom is -0.744 e. The molecule has 0 fully saturated rings. The Bertz CT molecular complexity index is 3320. The number of aliphatic carboxylic acids is 1. The number of fused-ring (bicyclic) bond motifs is 2. The number of carboxylic acids is 1. The van der Waals surface area contributed by atoms with Gasteiger partial charge < -0.3 is 144 Å². The van der Waals surface area contributed by atoms with E-state index < -0.39 is 26.9 Å². The molecule has 2 aromatic rings. The summed E-state index contributed by atoms with van der Waals surface area (Å²) in [6.45, 7) is 42.4. The predicted octanol–water partition coefficient (Wildman–Crippen LogP) is 6.27. The smallest absolute Gasteiger partial charge is 0.303 e. The third kappa shape index (κ3) is 61.9. The molecule has 0 atom stereocenters. The Morgan fingerprint density at radius 2 is 0.786 bits per heavy atom. The van der Waals surface area contributed by atoms with Gasteiger partial charge in [-0.05, 0) is 102 Å². The number of carbonyl (C=O) groups excluding carboxylic acids is 1. The molecule has 0 aliphatic carbocycles. The van der Waals surface area contributed by atoms with Crippen molar-refractivity contribution in [2.75, 3.05) is 362 Å². The summed E-state index contributed by atoms with van der Waals surface area (Å²) in [6, 6.07) is 10.3. The van der Waals surface area contributed by atoms with Crippen LogP contribution in [0.25, 0.3) is 0 Å². The van der Waals surface area contributed by atoms with Gasteiger partial charge >= 0.3 is 5.97 Å². The highest BCUT2D eigenvalue weighted by atomic mass is 32.2. The average molecular weight is 1910 g/mol. The molecule has 0 unspecified atom stereocenters. The second-order valence-corrected chi connectivity index (χ2v) is 32.7. The highest BCUT2D eigenvalue weighted by Crippen LogP contribution is 2.49. The van der Waals surface area contributed by atoms with Gasteiger partial charge in [0.1, 0.15) is 16.7 Å². The third-order valence-corrected chi connectivity index (χ3v) is 21.5. The first-order chi connectivity index (χ1) is 64.0. The van der Waals surface area contributed by atoms with E-state index in [-0.39, 0.29) is 17.2 Å². The number of rotatable bonds is 94. The molecule has 0 spiro atoms. The number of hydrogen-bond acceptors (Lipinski definition) is 34. The van der Waals surface area contributed by atoms with Crippen LogP contribution in [0, 0.1) is 0 Å². The predicted molar refractivity (Wildman–Crippen MR) is 489 cm³/mol. The van der Waals surface area contributed by atoms with Crippen LogP contribution in [-0.4, -0.2) is 397 Å². The maximum Gasteiger partial charge on any atom is 0.303 e. The van der Waals surface area contributed by atoms with E-state index in [4.69, 9.17) is 119 Å². The molecule has 758 valence electrons. The summed E-state index contributed by atoms with van der Waals surface area (Å²) in [5.41, 5.74) is 4.43. The molecule has 131 heavy (non-hydrogen) atoms. The molecule has 0 aromatic heterocycles. The second kappa shape index (κ2) is 83.4. The van der Waals surface area contributed by atoms with E-state index in [1.54, 1.807) is 18.1 Å². The number of unbranched alkanes of at least 4 members (excludes halogenated alkanes) is 4. The molecule has 2 aliphatic rings. The van der Waals surface area contributed by atoms with Crippen molar-refractivity contribution >= 4 is 51.1 Å². The Kier molecular flexibility index (Phi) is 76.6. The molecule has 37 nitrogen and oxygen atoms in total. The Morgan fingerprint density at radius 3 is 1.12 bits per heavy atom. The quantitative estimate of drug-likeness (QED) is 0.0125. The van der Waals surface area contributed by atoms with Crippen LogP contribution in [0.15, 0.2) is 82.3 Å². The number of allylic oxidation sites excluding steroid dienone is 6. The molecule has 0 radical (unpaired) electrons. The van der Waals surface area contributed by atoms with Crippen LogP contribution in [0.4, 0.5) is 11.4 Å². The topological polar surface area (TPSA) is 397 Å². The van der Waals surface area contributed by atoms with E-state index in [0.717, 1.165) is 71.6 Å². The molecule has 0 bridgehead atoms. The Labute approximate surface area is 783 Å². The molecule has 39 heteroatoms. The largest absolute Gasteiger partial charge is 0.744 e. The van der Waals surface area contributed by atoms with Crippen molar-refractivity contribution in [3.63, 3.8) is 0 Å². The van der Waals surface area contributed by atoms with E-state index in [2.05, 4.69) is 64.9 Å². The van der Waals surface area contributed by atoms with Crippen molar-refractivity contribution in [1.29, 1.82) is 0 Å². The SMILES string of the molecule is CC[NH+](CC)CC.COCCOCCOCCOCCOCCOCCOCCOCCOCCOCCOCCOCCOCCOCCOCCOCCOCCOCCOCCOCCOCCOCCOCCOCCNC(=O)CCCCCN1C(=CC=CC=CC2=[N+](CCCCCC(=O)O)c3ccc(SOO[O-])cc3C2(C)C)C(C)(C)c2cc(S(=O)(=O)[O-])ccc21. The van der Waals surface area contributed by atoms with Gasteiger partial charge in [-0.3, -0.25) is 14.6 Å². The fourth-order valence-corrected chi connectivity index (χ4v) is 13.9. The van der Waals surface area contributed by atoms with E-state index in [9.17, 15) is 27.8 Å². The first-order valence-electron chi connectivity index (χ1n) is 46.4. The molecule has 0 saturated heterocycles. The summed E-state index contributed by atoms with van der Waals surface area (Å²) >= 11 is 0.830. The van der Waals surface area contributed by atoms with Crippen molar-refractivity contribution in [1.82, 2.24) is 5.32 Å². The van der Waals surface area contributed by atoms with Crippen LogP contribution in [0.5, 0.6) is 0 Å². The van der Waals surface area contributed by atoms with Gasteiger partial charge in [-0.15, -0.1) is 0 Å². The number of carbonyl (C=O) groups is 2. The first-order valence-corrected chi connectivity index (χ1v) is 48.6. The zero-order valence-electron chi connectivity index (χ0n) is 79.7. The Hall–Kier alpha value is -4.79. The minimum atomic E-state index is -4.70. The van der Waals surface area contributed by atoms with Crippen molar-refractivity contribution in [2.45, 2.75) is 120 Å². The molecule has 2 aromatic carbocycles. The van der Waals surface area contributed by atoms with Gasteiger partial charge in [-0.1, -0.05) is 38.5 Å². The van der Waals surface area contributed by atoms with Gasteiger partial charge in [-0.2, -0.15) is 8.91 Å². The number of quaternary nitrogens is 1.